The highest BCUT2D eigenvalue weighted by molar-refractivity contribution is 6.35. The number of aromatic amines is 1. The average Bonchev–Trinajstić information content (AvgIpc) is 3.43. The number of amides is 2. The molecule has 0 aliphatic carbocycles. The summed E-state index contributed by atoms with van der Waals surface area (Å²) in [5.41, 5.74) is 5.42. The average molecular weight is 546 g/mol. The van der Waals surface area contributed by atoms with Crippen LogP contribution in [0.15, 0.2) is 36.4 Å². The molecule has 2 aromatic carbocycles. The maximum absolute atomic E-state index is 15.1. The number of carbonyl (C=O) groups excluding carboxylic acids is 2. The third-order valence-corrected chi connectivity index (χ3v) is 8.21. The van der Waals surface area contributed by atoms with E-state index >= 15 is 4.39 Å². The van der Waals surface area contributed by atoms with Crippen molar-refractivity contribution in [2.45, 2.75) is 39.2 Å². The monoisotopic (exact) mass is 545 g/mol. The molecule has 4 heterocycles. The lowest BCUT2D eigenvalue weighted by atomic mass is 10.0. The number of H-pyrrole nitrogens is 1. The predicted molar refractivity (Wildman–Crippen MR) is 152 cm³/mol. The first-order valence-corrected chi connectivity index (χ1v) is 14.0. The van der Waals surface area contributed by atoms with Crippen LogP contribution in [0, 0.1) is 18.6 Å². The second kappa shape index (κ2) is 10.9. The Labute approximate surface area is 232 Å². The molecule has 0 spiro atoms. The van der Waals surface area contributed by atoms with Gasteiger partial charge in [0.1, 0.15) is 11.6 Å². The molecule has 3 aliphatic heterocycles. The highest BCUT2D eigenvalue weighted by atomic mass is 19.1. The fourth-order valence-corrected chi connectivity index (χ4v) is 5.90. The smallest absolute Gasteiger partial charge is 0.256 e. The highest BCUT2D eigenvalue weighted by Gasteiger charge is 2.31. The van der Waals surface area contributed by atoms with Gasteiger partial charge in [-0.05, 0) is 74.3 Å². The molecule has 2 amide bonds. The van der Waals surface area contributed by atoms with E-state index < -0.39 is 5.82 Å². The fraction of sp³-hybridized carbons (Fsp3) is 0.355. The maximum Gasteiger partial charge on any atom is 0.256 e. The van der Waals surface area contributed by atoms with Crippen LogP contribution < -0.4 is 10.6 Å². The molecule has 40 heavy (non-hydrogen) atoms. The molecule has 3 aliphatic rings. The zero-order valence-electron chi connectivity index (χ0n) is 22.6. The molecule has 0 radical (unpaired) electrons. The van der Waals surface area contributed by atoms with Crippen molar-refractivity contribution in [3.05, 3.63) is 81.7 Å². The van der Waals surface area contributed by atoms with Gasteiger partial charge in [0.2, 0.25) is 0 Å². The van der Waals surface area contributed by atoms with Gasteiger partial charge in [0, 0.05) is 49.6 Å². The molecule has 9 heteroatoms. The number of likely N-dealkylation sites (tertiary alicyclic amines) is 1. The number of hydrogen-bond donors (Lipinski definition) is 3. The topological polar surface area (TPSA) is 80.5 Å². The normalized spacial score (nSPS) is 18.2. The third-order valence-electron chi connectivity index (χ3n) is 8.21. The van der Waals surface area contributed by atoms with Crippen molar-refractivity contribution < 1.29 is 18.4 Å². The van der Waals surface area contributed by atoms with Crippen LogP contribution in [-0.4, -0.2) is 59.3 Å². The van der Waals surface area contributed by atoms with E-state index in [9.17, 15) is 14.0 Å². The van der Waals surface area contributed by atoms with Gasteiger partial charge in [0.15, 0.2) is 0 Å². The number of halogens is 2. The number of fused-ring (bicyclic) bond motifs is 2. The number of carbonyl (C=O) groups is 2. The van der Waals surface area contributed by atoms with E-state index in [4.69, 9.17) is 0 Å². The molecule has 3 aromatic rings. The summed E-state index contributed by atoms with van der Waals surface area (Å²) in [6, 6.07) is 8.89. The van der Waals surface area contributed by atoms with E-state index in [0.29, 0.717) is 47.7 Å². The van der Waals surface area contributed by atoms with E-state index in [1.54, 1.807) is 24.3 Å². The van der Waals surface area contributed by atoms with Crippen LogP contribution in [0.3, 0.4) is 0 Å². The number of nitrogens with one attached hydrogen (secondary N) is 3. The molecule has 3 N–H and O–H groups in total. The van der Waals surface area contributed by atoms with Gasteiger partial charge in [-0.2, -0.15) is 0 Å². The molecule has 6 rings (SSSR count). The number of anilines is 2. The lowest BCUT2D eigenvalue weighted by Gasteiger charge is -2.32. The summed E-state index contributed by atoms with van der Waals surface area (Å²) in [5, 5.41) is 5.85. The molecule has 0 unspecified atom stereocenters. The van der Waals surface area contributed by atoms with Crippen molar-refractivity contribution in [3.63, 3.8) is 0 Å². The number of rotatable bonds is 7. The standard InChI is InChI=1S/C31H33F2N5O2/c1-19-26(35-25-9-12-38(31(40)29(19)25)14-13-37-10-3-2-4-11-37)16-23-22-15-24(33)28(17-27(22)36-30(23)39)34-18-20-5-7-21(32)8-6-20/h5-8,15-17,34-35H,2-4,9-14,18H2,1H3,(H,36,39). The first-order chi connectivity index (χ1) is 19.4. The van der Waals surface area contributed by atoms with Crippen LogP contribution in [0.25, 0.3) is 11.6 Å². The van der Waals surface area contributed by atoms with Crippen LogP contribution in [-0.2, 0) is 17.8 Å². The van der Waals surface area contributed by atoms with E-state index in [0.717, 1.165) is 42.9 Å². The Hall–Kier alpha value is -3.98. The van der Waals surface area contributed by atoms with Crippen molar-refractivity contribution >= 4 is 34.8 Å². The molecule has 1 aromatic heterocycles. The first kappa shape index (κ1) is 26.3. The van der Waals surface area contributed by atoms with E-state index in [-0.39, 0.29) is 23.3 Å². The fourth-order valence-electron chi connectivity index (χ4n) is 5.90. The lowest BCUT2D eigenvalue weighted by molar-refractivity contribution is -0.110. The van der Waals surface area contributed by atoms with E-state index in [1.165, 1.54) is 37.5 Å². The van der Waals surface area contributed by atoms with Crippen LogP contribution >= 0.6 is 0 Å². The number of piperidine rings is 1. The summed E-state index contributed by atoms with van der Waals surface area (Å²) in [6.45, 7) is 6.68. The Morgan fingerprint density at radius 3 is 2.55 bits per heavy atom. The van der Waals surface area contributed by atoms with Crippen molar-refractivity contribution in [2.75, 3.05) is 43.4 Å². The molecule has 0 saturated carbocycles. The number of nitrogens with zero attached hydrogens (tertiary/aromatic N) is 2. The highest BCUT2D eigenvalue weighted by Crippen LogP contribution is 2.37. The number of aromatic nitrogens is 1. The number of benzene rings is 2. The van der Waals surface area contributed by atoms with Crippen LogP contribution in [0.1, 0.15) is 57.7 Å². The Bertz CT molecular complexity index is 1490. The SMILES string of the molecule is Cc1c(C=C2C(=O)Nc3cc(NCc4ccc(F)cc4)c(F)cc32)[nH]c2c1C(=O)N(CCN1CCCCC1)CC2. The largest absolute Gasteiger partial charge is 0.379 e. The molecule has 208 valence electrons. The van der Waals surface area contributed by atoms with E-state index in [2.05, 4.69) is 20.5 Å². The molecule has 7 nitrogen and oxygen atoms in total. The Morgan fingerprint density at radius 1 is 1.00 bits per heavy atom. The summed E-state index contributed by atoms with van der Waals surface area (Å²) in [7, 11) is 0. The predicted octanol–water partition coefficient (Wildman–Crippen LogP) is 5.19. The van der Waals surface area contributed by atoms with Gasteiger partial charge in [-0.25, -0.2) is 8.78 Å². The lowest BCUT2D eigenvalue weighted by Crippen LogP contribution is -2.43. The van der Waals surface area contributed by atoms with Crippen molar-refractivity contribution in [3.8, 4) is 0 Å². The van der Waals surface area contributed by atoms with Crippen molar-refractivity contribution in [1.29, 1.82) is 0 Å². The van der Waals surface area contributed by atoms with Crippen molar-refractivity contribution in [2.24, 2.45) is 0 Å². The summed E-state index contributed by atoms with van der Waals surface area (Å²) >= 11 is 0. The second-order valence-electron chi connectivity index (χ2n) is 10.8. The summed E-state index contributed by atoms with van der Waals surface area (Å²) in [4.78, 5) is 34.0. The summed E-state index contributed by atoms with van der Waals surface area (Å²) in [5.74, 6) is -1.13. The van der Waals surface area contributed by atoms with Gasteiger partial charge in [-0.3, -0.25) is 9.59 Å². The summed E-state index contributed by atoms with van der Waals surface area (Å²) in [6.07, 6.45) is 6.17. The zero-order chi connectivity index (χ0) is 27.8. The molecule has 0 bridgehead atoms. The molecule has 1 saturated heterocycles. The first-order valence-electron chi connectivity index (χ1n) is 14.0. The van der Waals surface area contributed by atoms with Crippen LogP contribution in [0.4, 0.5) is 20.2 Å². The summed E-state index contributed by atoms with van der Waals surface area (Å²) < 4.78 is 28.2. The maximum atomic E-state index is 15.1. The van der Waals surface area contributed by atoms with Gasteiger partial charge in [0.05, 0.1) is 22.5 Å². The molecule has 1 fully saturated rings. The Kier molecular flexibility index (Phi) is 7.14. The minimum atomic E-state index is -0.495. The molecule has 0 atom stereocenters. The zero-order valence-corrected chi connectivity index (χ0v) is 22.6. The molecular formula is C31H33F2N5O2. The van der Waals surface area contributed by atoms with E-state index in [1.807, 2.05) is 11.8 Å². The third kappa shape index (κ3) is 5.13. The van der Waals surface area contributed by atoms with Gasteiger partial charge >= 0.3 is 0 Å². The van der Waals surface area contributed by atoms with Gasteiger partial charge in [-0.1, -0.05) is 18.6 Å². The number of hydrogen-bond acceptors (Lipinski definition) is 4. The Balaban J connectivity index is 1.20. The van der Waals surface area contributed by atoms with Crippen molar-refractivity contribution in [1.82, 2.24) is 14.8 Å². The quantitative estimate of drug-likeness (QED) is 0.357. The van der Waals surface area contributed by atoms with Crippen LogP contribution in [0.2, 0.25) is 0 Å². The second-order valence-corrected chi connectivity index (χ2v) is 10.8. The minimum absolute atomic E-state index is 0.0239. The van der Waals surface area contributed by atoms with Gasteiger partial charge < -0.3 is 25.4 Å². The van der Waals surface area contributed by atoms with Crippen LogP contribution in [0.5, 0.6) is 0 Å². The van der Waals surface area contributed by atoms with Gasteiger partial charge in [0.25, 0.3) is 11.8 Å². The Morgan fingerprint density at radius 2 is 1.77 bits per heavy atom. The minimum Gasteiger partial charge on any atom is -0.379 e. The molecular weight excluding hydrogens is 512 g/mol. The van der Waals surface area contributed by atoms with Gasteiger partial charge in [-0.15, -0.1) is 0 Å².